The Morgan fingerprint density at radius 1 is 1.04 bits per heavy atom. The zero-order chi connectivity index (χ0) is 18.6. The average molecular weight is 382 g/mol. The summed E-state index contributed by atoms with van der Waals surface area (Å²) in [7, 11) is -3.86. The first-order valence-corrected chi connectivity index (χ1v) is 9.04. The minimum Gasteiger partial charge on any atom is -0.366 e. The summed E-state index contributed by atoms with van der Waals surface area (Å²) in [5, 5.41) is 2.96. The number of primary amides is 1. The molecule has 7 nitrogen and oxygen atoms in total. The van der Waals surface area contributed by atoms with Gasteiger partial charge in [0.1, 0.15) is 0 Å². The third-order valence-electron chi connectivity index (χ3n) is 3.29. The van der Waals surface area contributed by atoms with E-state index in [1.165, 1.54) is 55.5 Å². The molecule has 0 heterocycles. The molecule has 0 aliphatic carbocycles. The molecule has 0 radical (unpaired) electrons. The van der Waals surface area contributed by atoms with Crippen LogP contribution in [-0.2, 0) is 14.8 Å². The molecule has 4 N–H and O–H groups in total. The minimum absolute atomic E-state index is 0.00219. The Morgan fingerprint density at radius 3 is 2.12 bits per heavy atom. The van der Waals surface area contributed by atoms with E-state index >= 15 is 0 Å². The van der Waals surface area contributed by atoms with E-state index in [9.17, 15) is 18.0 Å². The Bertz CT molecular complexity index is 881. The number of hydrogen-bond acceptors (Lipinski definition) is 4. The summed E-state index contributed by atoms with van der Waals surface area (Å²) in [5.74, 6) is -1.13. The van der Waals surface area contributed by atoms with Gasteiger partial charge in [0.2, 0.25) is 21.8 Å². The third-order valence-corrected chi connectivity index (χ3v) is 5.09. The predicted octanol–water partition coefficient (Wildman–Crippen LogP) is 1.74. The van der Waals surface area contributed by atoms with Crippen LogP contribution in [0.15, 0.2) is 53.4 Å². The molecule has 0 spiro atoms. The maximum atomic E-state index is 12.2. The molecular formula is C16H16ClN3O4S. The van der Waals surface area contributed by atoms with Gasteiger partial charge in [-0.2, -0.15) is 4.72 Å². The van der Waals surface area contributed by atoms with E-state index in [4.69, 9.17) is 17.3 Å². The van der Waals surface area contributed by atoms with Crippen molar-refractivity contribution >= 4 is 39.1 Å². The summed E-state index contributed by atoms with van der Waals surface area (Å²) in [6.45, 7) is 1.42. The van der Waals surface area contributed by atoms with Crippen LogP contribution >= 0.6 is 11.6 Å². The highest BCUT2D eigenvalue weighted by molar-refractivity contribution is 7.89. The second-order valence-corrected chi connectivity index (χ2v) is 7.38. The number of carbonyl (C=O) groups excluding carboxylic acids is 2. The first kappa shape index (κ1) is 18.9. The van der Waals surface area contributed by atoms with Crippen molar-refractivity contribution in [3.8, 4) is 0 Å². The number of hydrogen-bond donors (Lipinski definition) is 3. The summed E-state index contributed by atoms with van der Waals surface area (Å²) in [6, 6.07) is 10.5. The summed E-state index contributed by atoms with van der Waals surface area (Å²) >= 11 is 5.73. The van der Waals surface area contributed by atoms with Gasteiger partial charge in [-0.3, -0.25) is 9.59 Å². The fraction of sp³-hybridized carbons (Fsp3) is 0.125. The van der Waals surface area contributed by atoms with Gasteiger partial charge in [-0.15, -0.1) is 0 Å². The molecule has 0 saturated carbocycles. The largest absolute Gasteiger partial charge is 0.366 e. The summed E-state index contributed by atoms with van der Waals surface area (Å²) in [4.78, 5) is 23.2. The van der Waals surface area contributed by atoms with Crippen LogP contribution in [0.2, 0.25) is 5.02 Å². The lowest BCUT2D eigenvalue weighted by atomic mass is 10.2. The van der Waals surface area contributed by atoms with Gasteiger partial charge in [0.15, 0.2) is 0 Å². The number of rotatable bonds is 6. The monoisotopic (exact) mass is 381 g/mol. The first-order chi connectivity index (χ1) is 11.7. The lowest BCUT2D eigenvalue weighted by Crippen LogP contribution is -2.41. The van der Waals surface area contributed by atoms with Crippen molar-refractivity contribution in [3.05, 3.63) is 59.1 Å². The van der Waals surface area contributed by atoms with Crippen LogP contribution in [0.25, 0.3) is 0 Å². The molecular weight excluding hydrogens is 366 g/mol. The molecule has 1 atom stereocenters. The Hall–Kier alpha value is -2.42. The molecule has 0 aliphatic heterocycles. The number of anilines is 1. The number of carbonyl (C=O) groups is 2. The Kier molecular flexibility index (Phi) is 5.78. The van der Waals surface area contributed by atoms with Gasteiger partial charge in [0.25, 0.3) is 0 Å². The maximum Gasteiger partial charge on any atom is 0.248 e. The number of nitrogens with two attached hydrogens (primary N) is 1. The Balaban J connectivity index is 2.04. The van der Waals surface area contributed by atoms with Gasteiger partial charge in [-0.05, 0) is 55.5 Å². The van der Waals surface area contributed by atoms with Crippen molar-refractivity contribution in [2.45, 2.75) is 17.9 Å². The number of amides is 2. The van der Waals surface area contributed by atoms with Crippen molar-refractivity contribution < 1.29 is 18.0 Å². The van der Waals surface area contributed by atoms with Gasteiger partial charge < -0.3 is 11.1 Å². The van der Waals surface area contributed by atoms with E-state index in [1.807, 2.05) is 0 Å². The lowest BCUT2D eigenvalue weighted by molar-refractivity contribution is -0.117. The zero-order valence-electron chi connectivity index (χ0n) is 13.2. The van der Waals surface area contributed by atoms with Gasteiger partial charge in [0.05, 0.1) is 10.9 Å². The lowest BCUT2D eigenvalue weighted by Gasteiger charge is -2.14. The van der Waals surface area contributed by atoms with Crippen molar-refractivity contribution in [2.75, 3.05) is 5.32 Å². The van der Waals surface area contributed by atoms with E-state index in [1.54, 1.807) is 0 Å². The predicted molar refractivity (Wildman–Crippen MR) is 94.8 cm³/mol. The van der Waals surface area contributed by atoms with Gasteiger partial charge >= 0.3 is 0 Å². The number of nitrogens with one attached hydrogen (secondary N) is 2. The van der Waals surface area contributed by atoms with E-state index in [2.05, 4.69) is 10.0 Å². The molecule has 0 fully saturated rings. The van der Waals surface area contributed by atoms with E-state index in [-0.39, 0.29) is 4.90 Å². The van der Waals surface area contributed by atoms with Crippen LogP contribution in [0.5, 0.6) is 0 Å². The molecule has 0 aromatic heterocycles. The van der Waals surface area contributed by atoms with Crippen molar-refractivity contribution in [3.63, 3.8) is 0 Å². The van der Waals surface area contributed by atoms with Gasteiger partial charge in [-0.25, -0.2) is 8.42 Å². The van der Waals surface area contributed by atoms with Crippen molar-refractivity contribution in [1.29, 1.82) is 0 Å². The first-order valence-electron chi connectivity index (χ1n) is 7.17. The molecule has 132 valence electrons. The highest BCUT2D eigenvalue weighted by Crippen LogP contribution is 2.15. The molecule has 0 bridgehead atoms. The van der Waals surface area contributed by atoms with Crippen LogP contribution < -0.4 is 15.8 Å². The highest BCUT2D eigenvalue weighted by atomic mass is 35.5. The summed E-state index contributed by atoms with van der Waals surface area (Å²) in [6.07, 6.45) is 0. The third kappa shape index (κ3) is 5.02. The highest BCUT2D eigenvalue weighted by Gasteiger charge is 2.22. The Labute approximate surface area is 150 Å². The number of halogens is 1. The molecule has 0 saturated heterocycles. The number of sulfonamides is 1. The second kappa shape index (κ2) is 7.64. The van der Waals surface area contributed by atoms with Crippen LogP contribution in [-0.4, -0.2) is 26.3 Å². The quantitative estimate of drug-likeness (QED) is 0.706. The fourth-order valence-corrected chi connectivity index (χ4v) is 3.27. The average Bonchev–Trinajstić information content (AvgIpc) is 2.55. The molecule has 0 unspecified atom stereocenters. The Morgan fingerprint density at radius 2 is 1.60 bits per heavy atom. The topological polar surface area (TPSA) is 118 Å². The van der Waals surface area contributed by atoms with Crippen molar-refractivity contribution in [1.82, 2.24) is 4.72 Å². The normalized spacial score (nSPS) is 12.4. The van der Waals surface area contributed by atoms with Crippen molar-refractivity contribution in [2.24, 2.45) is 5.73 Å². The van der Waals surface area contributed by atoms with Crippen LogP contribution in [0, 0.1) is 0 Å². The molecule has 25 heavy (non-hydrogen) atoms. The molecule has 2 aromatic rings. The SMILES string of the molecule is C[C@@H](NS(=O)(=O)c1ccc(Cl)cc1)C(=O)Nc1ccc(C(N)=O)cc1. The molecule has 2 amide bonds. The van der Waals surface area contributed by atoms with Crippen LogP contribution in [0.3, 0.4) is 0 Å². The number of benzene rings is 2. The minimum atomic E-state index is -3.86. The second-order valence-electron chi connectivity index (χ2n) is 5.23. The summed E-state index contributed by atoms with van der Waals surface area (Å²) < 4.78 is 26.8. The van der Waals surface area contributed by atoms with E-state index < -0.39 is 27.9 Å². The smallest absolute Gasteiger partial charge is 0.248 e. The van der Waals surface area contributed by atoms with Gasteiger partial charge in [0, 0.05) is 16.3 Å². The fourth-order valence-electron chi connectivity index (χ4n) is 1.94. The molecule has 9 heteroatoms. The van der Waals surface area contributed by atoms with E-state index in [0.29, 0.717) is 16.3 Å². The van der Waals surface area contributed by atoms with Crippen LogP contribution in [0.1, 0.15) is 17.3 Å². The summed E-state index contributed by atoms with van der Waals surface area (Å²) in [5.41, 5.74) is 5.85. The molecule has 2 rings (SSSR count). The zero-order valence-corrected chi connectivity index (χ0v) is 14.8. The molecule has 2 aromatic carbocycles. The molecule has 0 aliphatic rings. The van der Waals surface area contributed by atoms with Gasteiger partial charge in [-0.1, -0.05) is 11.6 Å². The van der Waals surface area contributed by atoms with Crippen LogP contribution in [0.4, 0.5) is 5.69 Å². The maximum absolute atomic E-state index is 12.2. The van der Waals surface area contributed by atoms with E-state index in [0.717, 1.165) is 0 Å². The standard InChI is InChI=1S/C16H16ClN3O4S/c1-10(20-25(23,24)14-8-4-12(17)5-9-14)16(22)19-13-6-2-11(3-7-13)15(18)21/h2-10,20H,1H3,(H2,18,21)(H,19,22)/t10-/m1/s1.